The number of hydrogen-bond donors (Lipinski definition) is 0. The summed E-state index contributed by atoms with van der Waals surface area (Å²) in [5.74, 6) is 0.618. The van der Waals surface area contributed by atoms with Crippen LogP contribution >= 0.6 is 0 Å². The molecule has 1 aliphatic heterocycles. The molecule has 0 saturated carbocycles. The van der Waals surface area contributed by atoms with E-state index in [1.54, 1.807) is 17.0 Å². The second kappa shape index (κ2) is 10.6. The third-order valence-corrected chi connectivity index (χ3v) is 5.78. The Balaban J connectivity index is 1.34. The van der Waals surface area contributed by atoms with Gasteiger partial charge in [0.2, 0.25) is 11.8 Å². The van der Waals surface area contributed by atoms with Gasteiger partial charge in [0.25, 0.3) is 0 Å². The molecule has 0 bridgehead atoms. The molecule has 6 heteroatoms. The fraction of sp³-hybridized carbons (Fsp3) is 0.462. The fourth-order valence-electron chi connectivity index (χ4n) is 3.72. The van der Waals surface area contributed by atoms with Gasteiger partial charge in [-0.25, -0.2) is 4.39 Å². The fourth-order valence-corrected chi connectivity index (χ4v) is 3.72. The van der Waals surface area contributed by atoms with Crippen LogP contribution in [0.1, 0.15) is 44.7 Å². The molecule has 2 aromatic rings. The Labute approximate surface area is 190 Å². The third kappa shape index (κ3) is 6.81. The summed E-state index contributed by atoms with van der Waals surface area (Å²) < 4.78 is 18.8. The van der Waals surface area contributed by atoms with Crippen molar-refractivity contribution >= 4 is 11.8 Å². The van der Waals surface area contributed by atoms with E-state index in [1.807, 2.05) is 17.0 Å². The lowest BCUT2D eigenvalue weighted by Crippen LogP contribution is -2.51. The molecule has 2 amide bonds. The van der Waals surface area contributed by atoms with Crippen LogP contribution in [0.5, 0.6) is 5.75 Å². The van der Waals surface area contributed by atoms with Gasteiger partial charge in [-0.3, -0.25) is 9.59 Å². The van der Waals surface area contributed by atoms with E-state index in [0.717, 1.165) is 11.3 Å². The Morgan fingerprint density at radius 1 is 0.875 bits per heavy atom. The predicted octanol–water partition coefficient (Wildman–Crippen LogP) is 4.20. The molecule has 1 heterocycles. The smallest absolute Gasteiger partial charge is 0.227 e. The van der Waals surface area contributed by atoms with Gasteiger partial charge >= 0.3 is 0 Å². The molecule has 0 spiro atoms. The van der Waals surface area contributed by atoms with E-state index in [2.05, 4.69) is 32.9 Å². The zero-order chi connectivity index (χ0) is 23.1. The van der Waals surface area contributed by atoms with Crippen molar-refractivity contribution in [3.05, 3.63) is 65.5 Å². The van der Waals surface area contributed by atoms with Crippen LogP contribution in [-0.4, -0.2) is 54.4 Å². The first kappa shape index (κ1) is 23.8. The maximum absolute atomic E-state index is 13.0. The van der Waals surface area contributed by atoms with Crippen molar-refractivity contribution in [2.75, 3.05) is 32.8 Å². The molecule has 0 unspecified atom stereocenters. The zero-order valence-electron chi connectivity index (χ0n) is 19.3. The Hall–Kier alpha value is -2.89. The van der Waals surface area contributed by atoms with Gasteiger partial charge in [-0.05, 0) is 47.2 Å². The number of amides is 2. The maximum Gasteiger partial charge on any atom is 0.227 e. The second-order valence-electron chi connectivity index (χ2n) is 9.29. The van der Waals surface area contributed by atoms with Crippen LogP contribution in [0, 0.1) is 5.82 Å². The molecule has 32 heavy (non-hydrogen) atoms. The number of hydrogen-bond acceptors (Lipinski definition) is 3. The monoisotopic (exact) mass is 440 g/mol. The molecule has 172 valence electrons. The Morgan fingerprint density at radius 2 is 1.44 bits per heavy atom. The molecule has 1 saturated heterocycles. The highest BCUT2D eigenvalue weighted by atomic mass is 19.1. The molecular formula is C26H33FN2O3. The van der Waals surface area contributed by atoms with Crippen molar-refractivity contribution in [3.63, 3.8) is 0 Å². The summed E-state index contributed by atoms with van der Waals surface area (Å²) in [6.07, 6.45) is 1.34. The van der Waals surface area contributed by atoms with Crippen LogP contribution in [-0.2, 0) is 21.4 Å². The number of benzene rings is 2. The van der Waals surface area contributed by atoms with Crippen molar-refractivity contribution in [2.45, 2.75) is 45.4 Å². The van der Waals surface area contributed by atoms with Crippen molar-refractivity contribution in [1.82, 2.24) is 9.80 Å². The summed E-state index contributed by atoms with van der Waals surface area (Å²) in [5, 5.41) is 0. The van der Waals surface area contributed by atoms with Crippen molar-refractivity contribution < 1.29 is 18.7 Å². The van der Waals surface area contributed by atoms with E-state index in [4.69, 9.17) is 4.74 Å². The van der Waals surface area contributed by atoms with Gasteiger partial charge < -0.3 is 14.5 Å². The van der Waals surface area contributed by atoms with Crippen LogP contribution in [0.4, 0.5) is 4.39 Å². The van der Waals surface area contributed by atoms with Crippen molar-refractivity contribution in [3.8, 4) is 5.75 Å². The molecule has 0 N–H and O–H groups in total. The summed E-state index contributed by atoms with van der Waals surface area (Å²) in [5.41, 5.74) is 2.17. The number of nitrogens with zero attached hydrogens (tertiary/aromatic N) is 2. The van der Waals surface area contributed by atoms with Crippen LogP contribution in [0.2, 0.25) is 0 Å². The first-order valence-corrected chi connectivity index (χ1v) is 11.3. The topological polar surface area (TPSA) is 49.9 Å². The molecule has 1 aliphatic rings. The standard InChI is InChI=1S/C26H33FN2O3/c1-26(2,3)21-8-12-23(13-9-21)32-18-4-5-24(30)28-14-16-29(17-15-28)25(31)19-20-6-10-22(27)11-7-20/h6-13H,4-5,14-19H2,1-3H3. The minimum atomic E-state index is -0.308. The highest BCUT2D eigenvalue weighted by Crippen LogP contribution is 2.24. The Kier molecular flexibility index (Phi) is 7.89. The normalized spacial score (nSPS) is 14.4. The Bertz CT molecular complexity index is 896. The molecule has 0 radical (unpaired) electrons. The number of piperazine rings is 1. The Morgan fingerprint density at radius 3 is 2.00 bits per heavy atom. The summed E-state index contributed by atoms with van der Waals surface area (Å²) in [6.45, 7) is 9.18. The van der Waals surface area contributed by atoms with Crippen LogP contribution < -0.4 is 4.74 Å². The molecular weight excluding hydrogens is 407 g/mol. The number of ether oxygens (including phenoxy) is 1. The second-order valence-corrected chi connectivity index (χ2v) is 9.29. The van der Waals surface area contributed by atoms with Gasteiger partial charge in [-0.15, -0.1) is 0 Å². The van der Waals surface area contributed by atoms with Crippen LogP contribution in [0.15, 0.2) is 48.5 Å². The number of carbonyl (C=O) groups excluding carboxylic acids is 2. The first-order valence-electron chi connectivity index (χ1n) is 11.3. The third-order valence-electron chi connectivity index (χ3n) is 5.78. The first-order chi connectivity index (χ1) is 15.2. The molecule has 1 fully saturated rings. The lowest BCUT2D eigenvalue weighted by atomic mass is 9.87. The van der Waals surface area contributed by atoms with Crippen LogP contribution in [0.3, 0.4) is 0 Å². The van der Waals surface area contributed by atoms with Gasteiger partial charge in [0, 0.05) is 32.6 Å². The molecule has 2 aromatic carbocycles. The van der Waals surface area contributed by atoms with Gasteiger partial charge in [-0.1, -0.05) is 45.0 Å². The van der Waals surface area contributed by atoms with Crippen LogP contribution in [0.25, 0.3) is 0 Å². The summed E-state index contributed by atoms with van der Waals surface area (Å²) in [7, 11) is 0. The molecule has 0 atom stereocenters. The van der Waals surface area contributed by atoms with Crippen molar-refractivity contribution in [1.29, 1.82) is 0 Å². The van der Waals surface area contributed by atoms with E-state index in [9.17, 15) is 14.0 Å². The van der Waals surface area contributed by atoms with Gasteiger partial charge in [0.15, 0.2) is 0 Å². The summed E-state index contributed by atoms with van der Waals surface area (Å²) in [6, 6.07) is 14.1. The molecule has 3 rings (SSSR count). The highest BCUT2D eigenvalue weighted by Gasteiger charge is 2.24. The zero-order valence-corrected chi connectivity index (χ0v) is 19.3. The SMILES string of the molecule is CC(C)(C)c1ccc(OCCCC(=O)N2CCN(C(=O)Cc3ccc(F)cc3)CC2)cc1. The largest absolute Gasteiger partial charge is 0.494 e. The van der Waals surface area contributed by atoms with E-state index >= 15 is 0 Å². The number of halogens is 1. The summed E-state index contributed by atoms with van der Waals surface area (Å²) >= 11 is 0. The lowest BCUT2D eigenvalue weighted by molar-refractivity contribution is -0.139. The molecule has 0 aliphatic carbocycles. The average Bonchev–Trinajstić information content (AvgIpc) is 2.78. The van der Waals surface area contributed by atoms with Gasteiger partial charge in [0.1, 0.15) is 11.6 Å². The predicted molar refractivity (Wildman–Crippen MR) is 123 cm³/mol. The average molecular weight is 441 g/mol. The minimum Gasteiger partial charge on any atom is -0.494 e. The van der Waals surface area contributed by atoms with E-state index in [1.165, 1.54) is 17.7 Å². The highest BCUT2D eigenvalue weighted by molar-refractivity contribution is 5.80. The van der Waals surface area contributed by atoms with E-state index in [0.29, 0.717) is 45.6 Å². The summed E-state index contributed by atoms with van der Waals surface area (Å²) in [4.78, 5) is 28.6. The molecule has 0 aromatic heterocycles. The van der Waals surface area contributed by atoms with E-state index in [-0.39, 0.29) is 29.5 Å². The minimum absolute atomic E-state index is 0.00888. The number of carbonyl (C=O) groups is 2. The van der Waals surface area contributed by atoms with E-state index < -0.39 is 0 Å². The maximum atomic E-state index is 13.0. The van der Waals surface area contributed by atoms with Crippen molar-refractivity contribution in [2.24, 2.45) is 0 Å². The van der Waals surface area contributed by atoms with Gasteiger partial charge in [0.05, 0.1) is 13.0 Å². The van der Waals surface area contributed by atoms with Gasteiger partial charge in [-0.2, -0.15) is 0 Å². The molecule has 5 nitrogen and oxygen atoms in total. The number of rotatable bonds is 7. The quantitative estimate of drug-likeness (QED) is 0.607. The lowest BCUT2D eigenvalue weighted by Gasteiger charge is -2.35.